The summed E-state index contributed by atoms with van der Waals surface area (Å²) in [5.41, 5.74) is 5.73. The second-order valence-electron chi connectivity index (χ2n) is 8.05. The number of hydrogen-bond acceptors (Lipinski definition) is 7. The summed E-state index contributed by atoms with van der Waals surface area (Å²) in [7, 11) is 0. The first kappa shape index (κ1) is 25.2. The van der Waals surface area contributed by atoms with E-state index in [0.29, 0.717) is 16.7 Å². The molecule has 35 heavy (non-hydrogen) atoms. The number of urea groups is 1. The Morgan fingerprint density at radius 3 is 2.43 bits per heavy atom. The van der Waals surface area contributed by atoms with Gasteiger partial charge in [-0.3, -0.25) is 19.3 Å². The molecule has 5 N–H and O–H groups in total. The molecule has 1 aliphatic heterocycles. The van der Waals surface area contributed by atoms with Crippen LogP contribution < -0.4 is 16.4 Å². The van der Waals surface area contributed by atoms with Gasteiger partial charge in [0.2, 0.25) is 5.91 Å². The molecule has 0 bridgehead atoms. The standard InChI is InChI=1S/C24H27N5O6/c1-3-35-20(31)13-18(15-7-5-4-6-8-15)26-19(30)14-29-22(32)24(2,27-23(29)33)17-11-9-16(10-12-17)21(25)28-34/h4-12,18,34H,3,13-14H2,1-2H3,(H2,25,28)(H,26,30)(H,27,33)/t18-,24-/m0/s1. The molecule has 2 aromatic carbocycles. The first-order valence-corrected chi connectivity index (χ1v) is 10.9. The van der Waals surface area contributed by atoms with Crippen molar-refractivity contribution in [3.8, 4) is 0 Å². The van der Waals surface area contributed by atoms with Crippen LogP contribution in [0, 0.1) is 0 Å². The number of amidine groups is 1. The van der Waals surface area contributed by atoms with Crippen LogP contribution in [0.2, 0.25) is 0 Å². The van der Waals surface area contributed by atoms with Gasteiger partial charge in [-0.25, -0.2) is 4.79 Å². The van der Waals surface area contributed by atoms with E-state index < -0.39 is 41.9 Å². The number of hydrogen-bond donors (Lipinski definition) is 4. The number of oxime groups is 1. The summed E-state index contributed by atoms with van der Waals surface area (Å²) in [6.45, 7) is 2.88. The Balaban J connectivity index is 1.74. The predicted molar refractivity (Wildman–Crippen MR) is 125 cm³/mol. The monoisotopic (exact) mass is 481 g/mol. The van der Waals surface area contributed by atoms with Crippen LogP contribution in [0.25, 0.3) is 0 Å². The maximum Gasteiger partial charge on any atom is 0.325 e. The van der Waals surface area contributed by atoms with Gasteiger partial charge in [0, 0.05) is 5.56 Å². The summed E-state index contributed by atoms with van der Waals surface area (Å²) in [5, 5.41) is 17.1. The maximum absolute atomic E-state index is 13.2. The number of imide groups is 1. The lowest BCUT2D eigenvalue weighted by atomic mass is 9.91. The zero-order chi connectivity index (χ0) is 25.6. The number of nitrogens with zero attached hydrogens (tertiary/aromatic N) is 2. The molecular formula is C24H27N5O6. The first-order valence-electron chi connectivity index (χ1n) is 10.9. The van der Waals surface area contributed by atoms with Crippen molar-refractivity contribution in [3.63, 3.8) is 0 Å². The molecule has 0 aliphatic carbocycles. The van der Waals surface area contributed by atoms with Gasteiger partial charge in [0.1, 0.15) is 12.1 Å². The summed E-state index contributed by atoms with van der Waals surface area (Å²) < 4.78 is 5.00. The van der Waals surface area contributed by atoms with E-state index in [2.05, 4.69) is 15.8 Å². The highest BCUT2D eigenvalue weighted by molar-refractivity contribution is 6.09. The fraction of sp³-hybridized carbons (Fsp3) is 0.292. The van der Waals surface area contributed by atoms with Gasteiger partial charge in [0.25, 0.3) is 5.91 Å². The summed E-state index contributed by atoms with van der Waals surface area (Å²) in [5.74, 6) is -1.81. The van der Waals surface area contributed by atoms with Gasteiger partial charge in [0.15, 0.2) is 5.84 Å². The van der Waals surface area contributed by atoms with E-state index in [1.807, 2.05) is 0 Å². The Morgan fingerprint density at radius 2 is 1.83 bits per heavy atom. The molecule has 0 unspecified atom stereocenters. The molecule has 184 valence electrons. The Kier molecular flexibility index (Phi) is 7.69. The topological polar surface area (TPSA) is 163 Å². The fourth-order valence-electron chi connectivity index (χ4n) is 3.78. The van der Waals surface area contributed by atoms with E-state index in [-0.39, 0.29) is 18.9 Å². The van der Waals surface area contributed by atoms with Crippen LogP contribution >= 0.6 is 0 Å². The van der Waals surface area contributed by atoms with E-state index >= 15 is 0 Å². The third-order valence-corrected chi connectivity index (χ3v) is 5.66. The lowest BCUT2D eigenvalue weighted by molar-refractivity contribution is -0.144. The van der Waals surface area contributed by atoms with Crippen LogP contribution in [0.4, 0.5) is 4.79 Å². The number of benzene rings is 2. The Hall–Kier alpha value is -4.41. The zero-order valence-corrected chi connectivity index (χ0v) is 19.4. The summed E-state index contributed by atoms with van der Waals surface area (Å²) >= 11 is 0. The van der Waals surface area contributed by atoms with E-state index in [0.717, 1.165) is 4.90 Å². The molecule has 1 saturated heterocycles. The molecule has 0 spiro atoms. The second kappa shape index (κ2) is 10.7. The highest BCUT2D eigenvalue weighted by atomic mass is 16.5. The van der Waals surface area contributed by atoms with Crippen molar-refractivity contribution in [2.45, 2.75) is 31.8 Å². The van der Waals surface area contributed by atoms with Crippen molar-refractivity contribution in [1.82, 2.24) is 15.5 Å². The Bertz CT molecular complexity index is 1130. The summed E-state index contributed by atoms with van der Waals surface area (Å²) in [6, 6.07) is 13.7. The molecule has 2 aromatic rings. The van der Waals surface area contributed by atoms with Crippen molar-refractivity contribution in [2.24, 2.45) is 10.9 Å². The van der Waals surface area contributed by atoms with Crippen LogP contribution in [0.15, 0.2) is 59.8 Å². The van der Waals surface area contributed by atoms with Crippen molar-refractivity contribution in [1.29, 1.82) is 0 Å². The molecule has 3 rings (SSSR count). The number of carbonyl (C=O) groups is 4. The SMILES string of the molecule is CCOC(=O)C[C@H](NC(=O)CN1C(=O)N[C@@](C)(c2ccc(C(N)=NO)cc2)C1=O)c1ccccc1. The highest BCUT2D eigenvalue weighted by Crippen LogP contribution is 2.29. The maximum atomic E-state index is 13.2. The van der Waals surface area contributed by atoms with Gasteiger partial charge in [-0.2, -0.15) is 0 Å². The first-order chi connectivity index (χ1) is 16.7. The van der Waals surface area contributed by atoms with Crippen molar-refractivity contribution < 1.29 is 29.1 Å². The number of rotatable bonds is 9. The van der Waals surface area contributed by atoms with Crippen LogP contribution in [0.5, 0.6) is 0 Å². The zero-order valence-electron chi connectivity index (χ0n) is 19.4. The molecule has 2 atom stereocenters. The van der Waals surface area contributed by atoms with Crippen molar-refractivity contribution in [3.05, 3.63) is 71.3 Å². The molecule has 11 heteroatoms. The molecule has 1 aliphatic rings. The lowest BCUT2D eigenvalue weighted by Gasteiger charge is -2.23. The average molecular weight is 482 g/mol. The largest absolute Gasteiger partial charge is 0.466 e. The van der Waals surface area contributed by atoms with Crippen molar-refractivity contribution in [2.75, 3.05) is 13.2 Å². The van der Waals surface area contributed by atoms with Gasteiger partial charge in [-0.1, -0.05) is 59.8 Å². The molecule has 0 saturated carbocycles. The van der Waals surface area contributed by atoms with Gasteiger partial charge < -0.3 is 26.3 Å². The van der Waals surface area contributed by atoms with Gasteiger partial charge >= 0.3 is 12.0 Å². The highest BCUT2D eigenvalue weighted by Gasteiger charge is 2.49. The third-order valence-electron chi connectivity index (χ3n) is 5.66. The number of carbonyl (C=O) groups excluding carboxylic acids is 4. The van der Waals surface area contributed by atoms with Gasteiger partial charge in [-0.15, -0.1) is 0 Å². The Morgan fingerprint density at radius 1 is 1.17 bits per heavy atom. The van der Waals surface area contributed by atoms with Crippen molar-refractivity contribution >= 4 is 29.7 Å². The number of nitrogens with one attached hydrogen (secondary N) is 2. The van der Waals surface area contributed by atoms with Crippen LogP contribution in [-0.2, 0) is 24.7 Å². The molecular weight excluding hydrogens is 454 g/mol. The molecule has 4 amide bonds. The quantitative estimate of drug-likeness (QED) is 0.105. The molecule has 11 nitrogen and oxygen atoms in total. The fourth-order valence-corrected chi connectivity index (χ4v) is 3.78. The van der Waals surface area contributed by atoms with Gasteiger partial charge in [0.05, 0.1) is 19.1 Å². The normalized spacial score (nSPS) is 18.7. The molecule has 1 heterocycles. The summed E-state index contributed by atoms with van der Waals surface area (Å²) in [4.78, 5) is 51.5. The average Bonchev–Trinajstić information content (AvgIpc) is 3.07. The number of esters is 1. The molecule has 0 radical (unpaired) electrons. The van der Waals surface area contributed by atoms with Crippen LogP contribution in [0.3, 0.4) is 0 Å². The van der Waals surface area contributed by atoms with E-state index in [1.165, 1.54) is 6.92 Å². The minimum Gasteiger partial charge on any atom is -0.466 e. The predicted octanol–water partition coefficient (Wildman–Crippen LogP) is 1.36. The smallest absolute Gasteiger partial charge is 0.325 e. The van der Waals surface area contributed by atoms with E-state index in [1.54, 1.807) is 61.5 Å². The third kappa shape index (κ3) is 5.57. The second-order valence-corrected chi connectivity index (χ2v) is 8.05. The molecule has 0 aromatic heterocycles. The summed E-state index contributed by atoms with van der Waals surface area (Å²) in [6.07, 6.45) is -0.103. The van der Waals surface area contributed by atoms with E-state index in [9.17, 15) is 19.2 Å². The minimum absolute atomic E-state index is 0.0995. The Labute approximate surface area is 201 Å². The van der Waals surface area contributed by atoms with Gasteiger partial charge in [-0.05, 0) is 25.0 Å². The molecule has 1 fully saturated rings. The van der Waals surface area contributed by atoms with Crippen LogP contribution in [0.1, 0.15) is 43.0 Å². The lowest BCUT2D eigenvalue weighted by Crippen LogP contribution is -2.44. The number of ether oxygens (including phenoxy) is 1. The van der Waals surface area contributed by atoms with E-state index in [4.69, 9.17) is 15.7 Å². The minimum atomic E-state index is -1.41. The van der Waals surface area contributed by atoms with Crippen LogP contribution in [-0.4, -0.2) is 52.9 Å². The number of amides is 4. The number of nitrogens with two attached hydrogens (primary N) is 1.